The summed E-state index contributed by atoms with van der Waals surface area (Å²) in [4.78, 5) is 10.6. The molecule has 19 heavy (non-hydrogen) atoms. The molecule has 0 amide bonds. The van der Waals surface area contributed by atoms with E-state index in [0.29, 0.717) is 10.2 Å². The Balaban J connectivity index is 2.47. The van der Waals surface area contributed by atoms with Crippen LogP contribution in [0.25, 0.3) is 0 Å². The van der Waals surface area contributed by atoms with E-state index in [4.69, 9.17) is 0 Å². The third-order valence-electron chi connectivity index (χ3n) is 2.38. The highest BCUT2D eigenvalue weighted by atomic mass is 79.9. The molecule has 2 aromatic rings. The summed E-state index contributed by atoms with van der Waals surface area (Å²) in [5.74, 6) is 0. The van der Waals surface area contributed by atoms with Gasteiger partial charge >= 0.3 is 0 Å². The molecule has 1 N–H and O–H groups in total. The number of hydrogen-bond donors (Lipinski definition) is 1. The molecule has 0 atom stereocenters. The Morgan fingerprint density at radius 2 is 1.68 bits per heavy atom. The molecule has 2 aromatic carbocycles. The smallest absolute Gasteiger partial charge is 0.293 e. The zero-order valence-electron chi connectivity index (χ0n) is 9.36. The number of hydrogen-bond acceptors (Lipinski definition) is 3. The fourth-order valence-electron chi connectivity index (χ4n) is 1.51. The van der Waals surface area contributed by atoms with E-state index in [1.165, 1.54) is 6.07 Å². The highest BCUT2D eigenvalue weighted by Gasteiger charge is 2.16. The van der Waals surface area contributed by atoms with E-state index >= 15 is 0 Å². The summed E-state index contributed by atoms with van der Waals surface area (Å²) in [7, 11) is 0. The van der Waals surface area contributed by atoms with Gasteiger partial charge < -0.3 is 5.32 Å². The van der Waals surface area contributed by atoms with Crippen LogP contribution in [0.5, 0.6) is 0 Å². The maximum Gasteiger partial charge on any atom is 0.293 e. The van der Waals surface area contributed by atoms with Crippen LogP contribution in [0, 0.1) is 10.1 Å². The Bertz CT molecular complexity index is 627. The molecule has 0 saturated carbocycles. The lowest BCUT2D eigenvalue weighted by Gasteiger charge is -2.11. The number of rotatable bonds is 3. The van der Waals surface area contributed by atoms with Crippen LogP contribution in [-0.4, -0.2) is 4.92 Å². The minimum Gasteiger partial charge on any atom is -0.348 e. The SMILES string of the molecule is O=[N+]([O-])c1cc(Br)ccc1Nc1c(Br)cccc1Br. The topological polar surface area (TPSA) is 55.2 Å². The summed E-state index contributed by atoms with van der Waals surface area (Å²) in [5, 5.41) is 14.1. The summed E-state index contributed by atoms with van der Waals surface area (Å²) in [6, 6.07) is 10.5. The standard InChI is InChI=1S/C12H7Br3N2O2/c13-7-4-5-10(11(6-7)17(18)19)16-12-8(14)2-1-3-9(12)15/h1-6,16H. The summed E-state index contributed by atoms with van der Waals surface area (Å²) in [5.41, 5.74) is 1.19. The van der Waals surface area contributed by atoms with Gasteiger partial charge in [0.2, 0.25) is 0 Å². The van der Waals surface area contributed by atoms with Crippen molar-refractivity contribution in [3.05, 3.63) is 59.9 Å². The van der Waals surface area contributed by atoms with Gasteiger partial charge in [-0.05, 0) is 56.1 Å². The molecule has 4 nitrogen and oxygen atoms in total. The highest BCUT2D eigenvalue weighted by molar-refractivity contribution is 9.11. The molecule has 7 heteroatoms. The van der Waals surface area contributed by atoms with Gasteiger partial charge in [0.05, 0.1) is 10.6 Å². The molecule has 2 rings (SSSR count). The van der Waals surface area contributed by atoms with Crippen LogP contribution in [0.2, 0.25) is 0 Å². The molecule has 0 fully saturated rings. The maximum absolute atomic E-state index is 11.1. The van der Waals surface area contributed by atoms with Crippen molar-refractivity contribution in [1.82, 2.24) is 0 Å². The van der Waals surface area contributed by atoms with E-state index in [2.05, 4.69) is 53.1 Å². The van der Waals surface area contributed by atoms with Gasteiger partial charge in [0.15, 0.2) is 0 Å². The van der Waals surface area contributed by atoms with Crippen molar-refractivity contribution in [2.75, 3.05) is 5.32 Å². The third-order valence-corrected chi connectivity index (χ3v) is 4.19. The number of nitro benzene ring substituents is 1. The first-order valence-electron chi connectivity index (χ1n) is 5.14. The first kappa shape index (κ1) is 14.5. The number of anilines is 2. The van der Waals surface area contributed by atoms with Crippen LogP contribution in [0.15, 0.2) is 49.8 Å². The molecular weight excluding hydrogens is 444 g/mol. The van der Waals surface area contributed by atoms with Crippen molar-refractivity contribution in [2.24, 2.45) is 0 Å². The largest absolute Gasteiger partial charge is 0.348 e. The second kappa shape index (κ2) is 6.02. The lowest BCUT2D eigenvalue weighted by molar-refractivity contribution is -0.384. The molecule has 0 heterocycles. The van der Waals surface area contributed by atoms with Crippen molar-refractivity contribution in [3.63, 3.8) is 0 Å². The fraction of sp³-hybridized carbons (Fsp3) is 0. The van der Waals surface area contributed by atoms with Gasteiger partial charge in [-0.2, -0.15) is 0 Å². The quantitative estimate of drug-likeness (QED) is 0.487. The van der Waals surface area contributed by atoms with Crippen molar-refractivity contribution in [2.45, 2.75) is 0 Å². The number of nitrogens with one attached hydrogen (secondary N) is 1. The van der Waals surface area contributed by atoms with E-state index in [1.807, 2.05) is 18.2 Å². The molecule has 98 valence electrons. The van der Waals surface area contributed by atoms with Crippen LogP contribution in [0.3, 0.4) is 0 Å². The number of nitro groups is 1. The number of halogens is 3. The summed E-state index contributed by atoms with van der Waals surface area (Å²) < 4.78 is 2.30. The molecule has 0 saturated heterocycles. The molecule has 0 radical (unpaired) electrons. The lowest BCUT2D eigenvalue weighted by Crippen LogP contribution is -1.98. The minimum atomic E-state index is -0.419. The van der Waals surface area contributed by atoms with E-state index < -0.39 is 4.92 Å². The average Bonchev–Trinajstić information content (AvgIpc) is 2.35. The van der Waals surface area contributed by atoms with Gasteiger partial charge in [0.1, 0.15) is 5.69 Å². The molecule has 0 spiro atoms. The van der Waals surface area contributed by atoms with Crippen molar-refractivity contribution in [1.29, 1.82) is 0 Å². The highest BCUT2D eigenvalue weighted by Crippen LogP contribution is 2.36. The summed E-state index contributed by atoms with van der Waals surface area (Å²) >= 11 is 10.0. The van der Waals surface area contributed by atoms with E-state index in [9.17, 15) is 10.1 Å². The lowest BCUT2D eigenvalue weighted by atomic mass is 10.2. The zero-order chi connectivity index (χ0) is 14.0. The molecule has 0 aromatic heterocycles. The van der Waals surface area contributed by atoms with Gasteiger partial charge in [-0.15, -0.1) is 0 Å². The molecule has 0 aliphatic heterocycles. The monoisotopic (exact) mass is 448 g/mol. The van der Waals surface area contributed by atoms with E-state index in [1.54, 1.807) is 12.1 Å². The first-order valence-corrected chi connectivity index (χ1v) is 7.52. The molecule has 0 aliphatic carbocycles. The van der Waals surface area contributed by atoms with Crippen LogP contribution in [-0.2, 0) is 0 Å². The number of nitrogens with zero attached hydrogens (tertiary/aromatic N) is 1. The van der Waals surface area contributed by atoms with Crippen LogP contribution in [0.1, 0.15) is 0 Å². The van der Waals surface area contributed by atoms with Crippen LogP contribution >= 0.6 is 47.8 Å². The van der Waals surface area contributed by atoms with Gasteiger partial charge in [0.25, 0.3) is 5.69 Å². The molecule has 0 aliphatic rings. The number of benzene rings is 2. The third kappa shape index (κ3) is 3.34. The Kier molecular flexibility index (Phi) is 4.59. The molecule has 0 bridgehead atoms. The predicted octanol–water partition coefficient (Wildman–Crippen LogP) is 5.63. The van der Waals surface area contributed by atoms with Crippen LogP contribution < -0.4 is 5.32 Å². The van der Waals surface area contributed by atoms with Crippen LogP contribution in [0.4, 0.5) is 17.1 Å². The maximum atomic E-state index is 11.1. The second-order valence-corrected chi connectivity index (χ2v) is 6.26. The fourth-order valence-corrected chi connectivity index (χ4v) is 3.06. The second-order valence-electron chi connectivity index (χ2n) is 3.64. The molecular formula is C12H7Br3N2O2. The predicted molar refractivity (Wildman–Crippen MR) is 85.9 cm³/mol. The summed E-state index contributed by atoms with van der Waals surface area (Å²) in [6.07, 6.45) is 0. The Hall–Kier alpha value is -0.920. The van der Waals surface area contributed by atoms with Gasteiger partial charge in [-0.1, -0.05) is 22.0 Å². The van der Waals surface area contributed by atoms with Crippen molar-refractivity contribution >= 4 is 64.9 Å². The first-order chi connectivity index (χ1) is 8.99. The Morgan fingerprint density at radius 3 is 2.26 bits per heavy atom. The van der Waals surface area contributed by atoms with Gasteiger partial charge in [-0.25, -0.2) is 0 Å². The van der Waals surface area contributed by atoms with E-state index in [-0.39, 0.29) is 5.69 Å². The Labute approximate surface area is 134 Å². The van der Waals surface area contributed by atoms with Gasteiger partial charge in [0, 0.05) is 19.5 Å². The van der Waals surface area contributed by atoms with Crippen molar-refractivity contribution in [3.8, 4) is 0 Å². The normalized spacial score (nSPS) is 10.3. The molecule has 0 unspecified atom stereocenters. The zero-order valence-corrected chi connectivity index (χ0v) is 14.1. The van der Waals surface area contributed by atoms with Gasteiger partial charge in [-0.3, -0.25) is 10.1 Å². The summed E-state index contributed by atoms with van der Waals surface area (Å²) in [6.45, 7) is 0. The number of para-hydroxylation sites is 1. The minimum absolute atomic E-state index is 0.0111. The van der Waals surface area contributed by atoms with E-state index in [0.717, 1.165) is 14.6 Å². The Morgan fingerprint density at radius 1 is 1.05 bits per heavy atom. The average molecular weight is 451 g/mol. The van der Waals surface area contributed by atoms with Crippen molar-refractivity contribution < 1.29 is 4.92 Å².